The minimum Gasteiger partial charge on any atom is -0.465 e. The van der Waals surface area contributed by atoms with E-state index in [0.717, 1.165) is 18.5 Å². The van der Waals surface area contributed by atoms with Gasteiger partial charge in [-0.05, 0) is 42.7 Å². The topological polar surface area (TPSA) is 31.2 Å². The Morgan fingerprint density at radius 3 is 2.86 bits per heavy atom. The fourth-order valence-corrected chi connectivity index (χ4v) is 3.88. The van der Waals surface area contributed by atoms with E-state index in [1.807, 2.05) is 12.1 Å². The normalized spacial score (nSPS) is 17.8. The molecule has 0 bridgehead atoms. The SMILES string of the molecule is COC(=O)c1cccc2c3c(n(CC(C)C)c12)C(C)CCC3. The van der Waals surface area contributed by atoms with Crippen LogP contribution in [0.25, 0.3) is 10.9 Å². The molecule has 22 heavy (non-hydrogen) atoms. The van der Waals surface area contributed by atoms with Crippen LogP contribution in [0.4, 0.5) is 0 Å². The van der Waals surface area contributed by atoms with Gasteiger partial charge in [0.05, 0.1) is 18.2 Å². The van der Waals surface area contributed by atoms with Crippen molar-refractivity contribution in [3.05, 3.63) is 35.0 Å². The summed E-state index contributed by atoms with van der Waals surface area (Å²) in [4.78, 5) is 12.2. The molecule has 2 aromatic rings. The molecule has 3 rings (SSSR count). The fraction of sp³-hybridized carbons (Fsp3) is 0.526. The number of fused-ring (bicyclic) bond motifs is 3. The Balaban J connectivity index is 2.35. The maximum absolute atomic E-state index is 12.2. The van der Waals surface area contributed by atoms with Crippen LogP contribution < -0.4 is 0 Å². The summed E-state index contributed by atoms with van der Waals surface area (Å²) in [5.41, 5.74) is 4.65. The first-order chi connectivity index (χ1) is 10.5. The van der Waals surface area contributed by atoms with Crippen LogP contribution in [-0.2, 0) is 17.7 Å². The van der Waals surface area contributed by atoms with Crippen molar-refractivity contribution in [1.82, 2.24) is 4.57 Å². The van der Waals surface area contributed by atoms with Gasteiger partial charge >= 0.3 is 5.97 Å². The van der Waals surface area contributed by atoms with Gasteiger partial charge in [-0.3, -0.25) is 0 Å². The molecule has 1 aromatic carbocycles. The lowest BCUT2D eigenvalue weighted by molar-refractivity contribution is 0.0602. The van der Waals surface area contributed by atoms with Crippen molar-refractivity contribution in [3.63, 3.8) is 0 Å². The maximum atomic E-state index is 12.2. The molecule has 1 unspecified atom stereocenters. The zero-order valence-electron chi connectivity index (χ0n) is 14.0. The van der Waals surface area contributed by atoms with E-state index in [1.54, 1.807) is 0 Å². The van der Waals surface area contributed by atoms with E-state index in [1.165, 1.54) is 36.6 Å². The molecule has 1 atom stereocenters. The lowest BCUT2D eigenvalue weighted by atomic mass is 9.88. The summed E-state index contributed by atoms with van der Waals surface area (Å²) in [5.74, 6) is 0.859. The van der Waals surface area contributed by atoms with Gasteiger partial charge in [0.2, 0.25) is 0 Å². The van der Waals surface area contributed by atoms with Crippen LogP contribution >= 0.6 is 0 Å². The Labute approximate surface area is 132 Å². The Kier molecular flexibility index (Phi) is 3.98. The quantitative estimate of drug-likeness (QED) is 0.780. The van der Waals surface area contributed by atoms with Crippen molar-refractivity contribution in [2.75, 3.05) is 7.11 Å². The van der Waals surface area contributed by atoms with Crippen molar-refractivity contribution >= 4 is 16.9 Å². The van der Waals surface area contributed by atoms with Crippen molar-refractivity contribution in [2.24, 2.45) is 5.92 Å². The summed E-state index contributed by atoms with van der Waals surface area (Å²) in [6.07, 6.45) is 3.58. The molecule has 3 heteroatoms. The number of nitrogens with zero attached hydrogens (tertiary/aromatic N) is 1. The standard InChI is InChI=1S/C19H25NO2/c1-12(2)11-20-17-13(3)7-5-8-14(17)15-9-6-10-16(18(15)20)19(21)22-4/h6,9-10,12-13H,5,7-8,11H2,1-4H3. The van der Waals surface area contributed by atoms with Gasteiger partial charge in [-0.25, -0.2) is 4.79 Å². The molecule has 0 amide bonds. The lowest BCUT2D eigenvalue weighted by Crippen LogP contribution is -2.15. The first-order valence-electron chi connectivity index (χ1n) is 8.26. The average Bonchev–Trinajstić information content (AvgIpc) is 2.82. The first kappa shape index (κ1) is 15.1. The Hall–Kier alpha value is -1.77. The molecule has 0 radical (unpaired) electrons. The second-order valence-corrected chi connectivity index (χ2v) is 6.85. The molecule has 1 aliphatic rings. The summed E-state index contributed by atoms with van der Waals surface area (Å²) in [6, 6.07) is 6.03. The molecule has 0 fully saturated rings. The smallest absolute Gasteiger partial charge is 0.340 e. The summed E-state index contributed by atoms with van der Waals surface area (Å²) < 4.78 is 7.41. The molecule has 1 aliphatic carbocycles. The van der Waals surface area contributed by atoms with Gasteiger partial charge in [0.15, 0.2) is 0 Å². The zero-order valence-corrected chi connectivity index (χ0v) is 14.0. The number of benzene rings is 1. The summed E-state index contributed by atoms with van der Waals surface area (Å²) >= 11 is 0. The number of hydrogen-bond acceptors (Lipinski definition) is 2. The zero-order chi connectivity index (χ0) is 15.9. The number of carbonyl (C=O) groups excluding carboxylic acids is 1. The Morgan fingerprint density at radius 1 is 1.41 bits per heavy atom. The number of rotatable bonds is 3. The average molecular weight is 299 g/mol. The molecule has 0 spiro atoms. The predicted molar refractivity (Wildman–Crippen MR) is 89.5 cm³/mol. The third kappa shape index (κ3) is 2.33. The molecule has 1 heterocycles. The van der Waals surface area contributed by atoms with Crippen molar-refractivity contribution in [2.45, 2.75) is 52.5 Å². The largest absolute Gasteiger partial charge is 0.465 e. The van der Waals surface area contributed by atoms with E-state index in [4.69, 9.17) is 4.74 Å². The Morgan fingerprint density at radius 2 is 2.18 bits per heavy atom. The second-order valence-electron chi connectivity index (χ2n) is 6.85. The van der Waals surface area contributed by atoms with Crippen LogP contribution in [0, 0.1) is 5.92 Å². The van der Waals surface area contributed by atoms with E-state index in [0.29, 0.717) is 17.4 Å². The number of ether oxygens (including phenoxy) is 1. The van der Waals surface area contributed by atoms with Crippen LogP contribution in [0.3, 0.4) is 0 Å². The van der Waals surface area contributed by atoms with E-state index in [-0.39, 0.29) is 5.97 Å². The molecule has 0 aliphatic heterocycles. The molecular weight excluding hydrogens is 274 g/mol. The minimum absolute atomic E-state index is 0.238. The molecule has 0 saturated heterocycles. The first-order valence-corrected chi connectivity index (χ1v) is 8.26. The maximum Gasteiger partial charge on any atom is 0.340 e. The number of aromatic nitrogens is 1. The third-order valence-electron chi connectivity index (χ3n) is 4.71. The number of aryl methyl sites for hydroxylation is 1. The van der Waals surface area contributed by atoms with E-state index in [9.17, 15) is 4.79 Å². The van der Waals surface area contributed by atoms with E-state index < -0.39 is 0 Å². The molecule has 1 aromatic heterocycles. The molecule has 0 saturated carbocycles. The molecule has 118 valence electrons. The van der Waals surface area contributed by atoms with Crippen LogP contribution in [0.5, 0.6) is 0 Å². The number of para-hydroxylation sites is 1. The van der Waals surface area contributed by atoms with Gasteiger partial charge in [-0.15, -0.1) is 0 Å². The molecule has 3 nitrogen and oxygen atoms in total. The van der Waals surface area contributed by atoms with Crippen molar-refractivity contribution < 1.29 is 9.53 Å². The van der Waals surface area contributed by atoms with Gasteiger partial charge in [0.1, 0.15) is 0 Å². The van der Waals surface area contributed by atoms with Crippen molar-refractivity contribution in [1.29, 1.82) is 0 Å². The van der Waals surface area contributed by atoms with Crippen LogP contribution in [0.15, 0.2) is 18.2 Å². The second kappa shape index (κ2) is 5.79. The summed E-state index contributed by atoms with van der Waals surface area (Å²) in [6.45, 7) is 7.72. The molecular formula is C19H25NO2. The van der Waals surface area contributed by atoms with Gasteiger partial charge < -0.3 is 9.30 Å². The number of carbonyl (C=O) groups is 1. The highest BCUT2D eigenvalue weighted by Crippen LogP contribution is 2.39. The highest BCUT2D eigenvalue weighted by atomic mass is 16.5. The minimum atomic E-state index is -0.238. The van der Waals surface area contributed by atoms with Gasteiger partial charge in [-0.1, -0.05) is 32.9 Å². The van der Waals surface area contributed by atoms with E-state index in [2.05, 4.69) is 31.4 Å². The van der Waals surface area contributed by atoms with Gasteiger partial charge in [-0.2, -0.15) is 0 Å². The van der Waals surface area contributed by atoms with Crippen LogP contribution in [-0.4, -0.2) is 17.6 Å². The van der Waals surface area contributed by atoms with Crippen LogP contribution in [0.2, 0.25) is 0 Å². The monoisotopic (exact) mass is 299 g/mol. The Bertz CT molecular complexity index is 712. The third-order valence-corrected chi connectivity index (χ3v) is 4.71. The highest BCUT2D eigenvalue weighted by molar-refractivity contribution is 6.04. The summed E-state index contributed by atoms with van der Waals surface area (Å²) in [7, 11) is 1.46. The predicted octanol–water partition coefficient (Wildman–Crippen LogP) is 4.52. The lowest BCUT2D eigenvalue weighted by Gasteiger charge is -2.23. The fourth-order valence-electron chi connectivity index (χ4n) is 3.88. The van der Waals surface area contributed by atoms with Gasteiger partial charge in [0.25, 0.3) is 0 Å². The molecule has 0 N–H and O–H groups in total. The van der Waals surface area contributed by atoms with Gasteiger partial charge in [0, 0.05) is 17.6 Å². The highest BCUT2D eigenvalue weighted by Gasteiger charge is 2.27. The van der Waals surface area contributed by atoms with Crippen molar-refractivity contribution in [3.8, 4) is 0 Å². The van der Waals surface area contributed by atoms with E-state index >= 15 is 0 Å². The van der Waals surface area contributed by atoms with Crippen LogP contribution in [0.1, 0.15) is 61.1 Å². The number of hydrogen-bond donors (Lipinski definition) is 0. The number of esters is 1. The summed E-state index contributed by atoms with van der Waals surface area (Å²) in [5, 5.41) is 1.24. The number of methoxy groups -OCH3 is 1.